The molecule has 1 aliphatic rings. The zero-order valence-corrected chi connectivity index (χ0v) is 16.7. The highest BCUT2D eigenvalue weighted by atomic mass is 16.5. The molecule has 0 spiro atoms. The van der Waals surface area contributed by atoms with Crippen LogP contribution < -0.4 is 0 Å². The molecule has 1 saturated heterocycles. The minimum absolute atomic E-state index is 0.135. The Kier molecular flexibility index (Phi) is 5.03. The van der Waals surface area contributed by atoms with Crippen molar-refractivity contribution in [3.63, 3.8) is 0 Å². The third kappa shape index (κ3) is 3.59. The molecule has 1 amide bonds. The van der Waals surface area contributed by atoms with Crippen LogP contribution in [0.4, 0.5) is 0 Å². The van der Waals surface area contributed by atoms with Crippen LogP contribution in [0.5, 0.6) is 0 Å². The fourth-order valence-corrected chi connectivity index (χ4v) is 4.03. The second kappa shape index (κ2) is 7.62. The lowest BCUT2D eigenvalue weighted by Gasteiger charge is -2.33. The van der Waals surface area contributed by atoms with E-state index in [1.54, 1.807) is 0 Å². The highest BCUT2D eigenvalue weighted by Gasteiger charge is 2.28. The zero-order valence-electron chi connectivity index (χ0n) is 16.7. The van der Waals surface area contributed by atoms with Crippen molar-refractivity contribution in [1.82, 2.24) is 20.3 Å². The Morgan fingerprint density at radius 3 is 2.75 bits per heavy atom. The van der Waals surface area contributed by atoms with Crippen LogP contribution in [0.2, 0.25) is 0 Å². The largest absolute Gasteiger partial charge is 0.361 e. The molecular formula is C22H26N4O2. The summed E-state index contributed by atoms with van der Waals surface area (Å²) < 4.78 is 5.20. The van der Waals surface area contributed by atoms with Gasteiger partial charge in [0.1, 0.15) is 5.76 Å². The highest BCUT2D eigenvalue weighted by Crippen LogP contribution is 2.33. The Bertz CT molecular complexity index is 951. The van der Waals surface area contributed by atoms with Crippen molar-refractivity contribution in [2.75, 3.05) is 13.1 Å². The normalized spacial score (nSPS) is 17.1. The highest BCUT2D eigenvalue weighted by molar-refractivity contribution is 5.79. The Morgan fingerprint density at radius 2 is 2.04 bits per heavy atom. The quantitative estimate of drug-likeness (QED) is 0.746. The van der Waals surface area contributed by atoms with Crippen LogP contribution in [-0.4, -0.2) is 39.3 Å². The molecule has 1 aromatic carbocycles. The van der Waals surface area contributed by atoms with Gasteiger partial charge < -0.3 is 9.42 Å². The number of hydrogen-bond donors (Lipinski definition) is 1. The molecule has 0 radical (unpaired) electrons. The molecule has 0 bridgehead atoms. The van der Waals surface area contributed by atoms with Gasteiger partial charge in [0.2, 0.25) is 5.91 Å². The van der Waals surface area contributed by atoms with Gasteiger partial charge in [-0.2, -0.15) is 5.10 Å². The van der Waals surface area contributed by atoms with E-state index >= 15 is 0 Å². The number of nitrogens with zero attached hydrogens (tertiary/aromatic N) is 3. The number of aromatic amines is 1. The second-order valence-electron chi connectivity index (χ2n) is 7.72. The number of aromatic nitrogens is 3. The van der Waals surface area contributed by atoms with Crippen molar-refractivity contribution in [3.8, 4) is 11.1 Å². The first-order valence-corrected chi connectivity index (χ1v) is 9.82. The Morgan fingerprint density at radius 1 is 1.25 bits per heavy atom. The summed E-state index contributed by atoms with van der Waals surface area (Å²) in [6, 6.07) is 8.50. The van der Waals surface area contributed by atoms with E-state index < -0.39 is 0 Å². The summed E-state index contributed by atoms with van der Waals surface area (Å²) in [7, 11) is 0. The van der Waals surface area contributed by atoms with Crippen molar-refractivity contribution < 1.29 is 9.32 Å². The average molecular weight is 378 g/mol. The fraction of sp³-hybridized carbons (Fsp3) is 0.409. The van der Waals surface area contributed by atoms with Crippen molar-refractivity contribution in [2.24, 2.45) is 0 Å². The Labute approximate surface area is 164 Å². The van der Waals surface area contributed by atoms with Gasteiger partial charge in [-0.25, -0.2) is 0 Å². The number of H-pyrrole nitrogens is 1. The summed E-state index contributed by atoms with van der Waals surface area (Å²) in [6.45, 7) is 7.34. The number of carbonyl (C=O) groups is 1. The summed E-state index contributed by atoms with van der Waals surface area (Å²) in [4.78, 5) is 14.9. The van der Waals surface area contributed by atoms with Crippen LogP contribution >= 0.6 is 0 Å². The predicted octanol–water partition coefficient (Wildman–Crippen LogP) is 3.94. The molecule has 1 atom stereocenters. The van der Waals surface area contributed by atoms with E-state index in [2.05, 4.69) is 46.5 Å². The van der Waals surface area contributed by atoms with E-state index in [0.29, 0.717) is 13.0 Å². The summed E-state index contributed by atoms with van der Waals surface area (Å²) in [5.74, 6) is 1.13. The standard InChI is InChI=1S/C22H26N4O2/c1-14-6-8-17(9-7-14)20-12-23-24-22(20)18-5-4-10-26(13-18)21(27)11-19-15(2)25-28-16(19)3/h6-9,12,18H,4-5,10-11,13H2,1-3H3,(H,23,24). The number of nitrogens with one attached hydrogen (secondary N) is 1. The van der Waals surface area contributed by atoms with Crippen molar-refractivity contribution >= 4 is 5.91 Å². The molecule has 3 aromatic rings. The van der Waals surface area contributed by atoms with E-state index in [1.807, 2.05) is 24.9 Å². The molecule has 6 nitrogen and oxygen atoms in total. The van der Waals surface area contributed by atoms with Gasteiger partial charge in [-0.3, -0.25) is 9.89 Å². The van der Waals surface area contributed by atoms with Crippen molar-refractivity contribution in [2.45, 2.75) is 46.0 Å². The van der Waals surface area contributed by atoms with Gasteiger partial charge >= 0.3 is 0 Å². The SMILES string of the molecule is Cc1ccc(-c2cn[nH]c2C2CCCN(C(=O)Cc3c(C)noc3C)C2)cc1. The first-order valence-electron chi connectivity index (χ1n) is 9.82. The number of benzene rings is 1. The third-order valence-electron chi connectivity index (χ3n) is 5.72. The lowest BCUT2D eigenvalue weighted by Crippen LogP contribution is -2.40. The smallest absolute Gasteiger partial charge is 0.227 e. The van der Waals surface area contributed by atoms with Crippen LogP contribution in [0.1, 0.15) is 47.0 Å². The third-order valence-corrected chi connectivity index (χ3v) is 5.72. The van der Waals surface area contributed by atoms with Gasteiger partial charge in [0.05, 0.1) is 18.3 Å². The average Bonchev–Trinajstić information content (AvgIpc) is 3.31. The Balaban J connectivity index is 1.51. The Hall–Kier alpha value is -2.89. The lowest BCUT2D eigenvalue weighted by atomic mass is 9.90. The molecule has 1 unspecified atom stereocenters. The topological polar surface area (TPSA) is 75.0 Å². The fourth-order valence-electron chi connectivity index (χ4n) is 4.03. The molecule has 28 heavy (non-hydrogen) atoms. The van der Waals surface area contributed by atoms with Gasteiger partial charge in [0, 0.05) is 35.8 Å². The van der Waals surface area contributed by atoms with Gasteiger partial charge in [0.15, 0.2) is 0 Å². The van der Waals surface area contributed by atoms with Gasteiger partial charge in [-0.1, -0.05) is 35.0 Å². The van der Waals surface area contributed by atoms with E-state index in [-0.39, 0.29) is 11.8 Å². The molecule has 0 saturated carbocycles. The van der Waals surface area contributed by atoms with Crippen LogP contribution in [0.15, 0.2) is 35.0 Å². The number of aryl methyl sites for hydroxylation is 3. The number of hydrogen-bond acceptors (Lipinski definition) is 4. The van der Waals surface area contributed by atoms with Gasteiger partial charge in [-0.15, -0.1) is 0 Å². The number of likely N-dealkylation sites (tertiary alicyclic amines) is 1. The van der Waals surface area contributed by atoms with Gasteiger partial charge in [0.25, 0.3) is 0 Å². The first kappa shape index (κ1) is 18.5. The van der Waals surface area contributed by atoms with E-state index in [4.69, 9.17) is 4.52 Å². The molecule has 4 rings (SSSR count). The molecule has 146 valence electrons. The van der Waals surface area contributed by atoms with Crippen LogP contribution in [0.25, 0.3) is 11.1 Å². The summed E-state index contributed by atoms with van der Waals surface area (Å²) in [6.07, 6.45) is 4.28. The lowest BCUT2D eigenvalue weighted by molar-refractivity contribution is -0.131. The predicted molar refractivity (Wildman–Crippen MR) is 107 cm³/mol. The van der Waals surface area contributed by atoms with Crippen LogP contribution in [-0.2, 0) is 11.2 Å². The minimum atomic E-state index is 0.135. The molecule has 6 heteroatoms. The van der Waals surface area contributed by atoms with Crippen LogP contribution in [0.3, 0.4) is 0 Å². The summed E-state index contributed by atoms with van der Waals surface area (Å²) in [5.41, 5.74) is 6.36. The van der Waals surface area contributed by atoms with E-state index in [1.165, 1.54) is 5.56 Å². The maximum atomic E-state index is 12.9. The monoisotopic (exact) mass is 378 g/mol. The van der Waals surface area contributed by atoms with E-state index in [9.17, 15) is 4.79 Å². The van der Waals surface area contributed by atoms with Gasteiger partial charge in [-0.05, 0) is 39.2 Å². The van der Waals surface area contributed by atoms with Crippen LogP contribution in [0, 0.1) is 20.8 Å². The summed E-state index contributed by atoms with van der Waals surface area (Å²) >= 11 is 0. The number of rotatable bonds is 4. The maximum Gasteiger partial charge on any atom is 0.227 e. The summed E-state index contributed by atoms with van der Waals surface area (Å²) in [5, 5.41) is 11.5. The van der Waals surface area contributed by atoms with Crippen molar-refractivity contribution in [1.29, 1.82) is 0 Å². The number of amides is 1. The molecule has 1 N–H and O–H groups in total. The number of piperidine rings is 1. The molecule has 1 fully saturated rings. The molecule has 0 aliphatic carbocycles. The number of carbonyl (C=O) groups excluding carboxylic acids is 1. The van der Waals surface area contributed by atoms with Crippen molar-refractivity contribution in [3.05, 3.63) is 58.7 Å². The second-order valence-corrected chi connectivity index (χ2v) is 7.72. The maximum absolute atomic E-state index is 12.9. The zero-order chi connectivity index (χ0) is 19.7. The molecule has 3 heterocycles. The molecule has 2 aromatic heterocycles. The van der Waals surface area contributed by atoms with E-state index in [0.717, 1.165) is 53.2 Å². The molecular weight excluding hydrogens is 352 g/mol. The molecule has 1 aliphatic heterocycles. The minimum Gasteiger partial charge on any atom is -0.361 e. The first-order chi connectivity index (χ1) is 13.5.